The number of hydrogen-bond donors (Lipinski definition) is 0. The van der Waals surface area contributed by atoms with Gasteiger partial charge in [0.15, 0.2) is 0 Å². The van der Waals surface area contributed by atoms with Gasteiger partial charge in [0.2, 0.25) is 0 Å². The number of fused-ring (bicyclic) bond motifs is 1. The fourth-order valence-corrected chi connectivity index (χ4v) is 3.15. The van der Waals surface area contributed by atoms with E-state index >= 15 is 0 Å². The summed E-state index contributed by atoms with van der Waals surface area (Å²) in [5, 5.41) is 0. The molecule has 0 bridgehead atoms. The van der Waals surface area contributed by atoms with Crippen molar-refractivity contribution < 1.29 is 0 Å². The van der Waals surface area contributed by atoms with Crippen LogP contribution < -0.4 is 4.90 Å². The van der Waals surface area contributed by atoms with E-state index in [4.69, 9.17) is 9.97 Å². The highest BCUT2D eigenvalue weighted by molar-refractivity contribution is 5.51. The highest BCUT2D eigenvalue weighted by Gasteiger charge is 2.23. The van der Waals surface area contributed by atoms with E-state index in [1.165, 1.54) is 62.3 Å². The standard InChI is InChI=1S/C15H23N3/c1-2-7-14-16-13-9-4-3-8-12(13)15(17-14)18-10-5-6-11-18/h2-11H2,1H3. The van der Waals surface area contributed by atoms with Crippen LogP contribution in [-0.2, 0) is 19.3 Å². The van der Waals surface area contributed by atoms with Crippen LogP contribution >= 0.6 is 0 Å². The van der Waals surface area contributed by atoms with Crippen LogP contribution in [0.15, 0.2) is 0 Å². The first-order valence-electron chi connectivity index (χ1n) is 7.52. The van der Waals surface area contributed by atoms with Gasteiger partial charge < -0.3 is 4.90 Å². The lowest BCUT2D eigenvalue weighted by atomic mass is 9.96. The van der Waals surface area contributed by atoms with Gasteiger partial charge in [-0.1, -0.05) is 6.92 Å². The quantitative estimate of drug-likeness (QED) is 0.820. The summed E-state index contributed by atoms with van der Waals surface area (Å²) in [6, 6.07) is 0. The van der Waals surface area contributed by atoms with E-state index in [1.807, 2.05) is 0 Å². The van der Waals surface area contributed by atoms with Crippen LogP contribution in [0, 0.1) is 0 Å². The molecular weight excluding hydrogens is 222 g/mol. The molecule has 0 aromatic carbocycles. The van der Waals surface area contributed by atoms with Gasteiger partial charge in [0.25, 0.3) is 0 Å². The van der Waals surface area contributed by atoms with E-state index in [9.17, 15) is 0 Å². The van der Waals surface area contributed by atoms with Crippen molar-refractivity contribution in [2.24, 2.45) is 0 Å². The molecule has 3 rings (SSSR count). The summed E-state index contributed by atoms with van der Waals surface area (Å²) in [6.45, 7) is 4.59. The lowest BCUT2D eigenvalue weighted by Gasteiger charge is -2.25. The van der Waals surface area contributed by atoms with E-state index in [-0.39, 0.29) is 0 Å². The van der Waals surface area contributed by atoms with E-state index in [1.54, 1.807) is 0 Å². The van der Waals surface area contributed by atoms with Gasteiger partial charge in [-0.25, -0.2) is 9.97 Å². The molecule has 3 heteroatoms. The molecule has 98 valence electrons. The summed E-state index contributed by atoms with van der Waals surface area (Å²) in [6.07, 6.45) is 9.76. The SMILES string of the molecule is CCCc1nc2c(c(N3CCCC3)n1)CCCC2. The van der Waals surface area contributed by atoms with Crippen molar-refractivity contribution in [3.63, 3.8) is 0 Å². The topological polar surface area (TPSA) is 29.0 Å². The molecule has 0 atom stereocenters. The van der Waals surface area contributed by atoms with Crippen LogP contribution in [0.25, 0.3) is 0 Å². The Morgan fingerprint density at radius 1 is 1.00 bits per heavy atom. The van der Waals surface area contributed by atoms with Crippen LogP contribution in [0.5, 0.6) is 0 Å². The maximum atomic E-state index is 4.87. The fourth-order valence-electron chi connectivity index (χ4n) is 3.15. The van der Waals surface area contributed by atoms with E-state index in [0.717, 1.165) is 25.1 Å². The van der Waals surface area contributed by atoms with E-state index in [2.05, 4.69) is 11.8 Å². The van der Waals surface area contributed by atoms with Crippen LogP contribution in [-0.4, -0.2) is 23.1 Å². The largest absolute Gasteiger partial charge is 0.356 e. The number of aromatic nitrogens is 2. The van der Waals surface area contributed by atoms with Gasteiger partial charge >= 0.3 is 0 Å². The van der Waals surface area contributed by atoms with Crippen molar-refractivity contribution in [2.75, 3.05) is 18.0 Å². The normalized spacial score (nSPS) is 19.1. The zero-order valence-electron chi connectivity index (χ0n) is 11.4. The molecule has 0 N–H and O–H groups in total. The molecule has 1 fully saturated rings. The zero-order chi connectivity index (χ0) is 12.4. The summed E-state index contributed by atoms with van der Waals surface area (Å²) in [5.41, 5.74) is 2.81. The predicted molar refractivity (Wildman–Crippen MR) is 74.1 cm³/mol. The maximum absolute atomic E-state index is 4.87. The average molecular weight is 245 g/mol. The number of nitrogens with zero attached hydrogens (tertiary/aromatic N) is 3. The van der Waals surface area contributed by atoms with Gasteiger partial charge in [-0.2, -0.15) is 0 Å². The second-order valence-electron chi connectivity index (χ2n) is 5.54. The lowest BCUT2D eigenvalue weighted by molar-refractivity contribution is 0.647. The first kappa shape index (κ1) is 11.9. The van der Waals surface area contributed by atoms with Gasteiger partial charge in [0, 0.05) is 30.8 Å². The minimum absolute atomic E-state index is 1.02. The Kier molecular flexibility index (Phi) is 3.48. The second kappa shape index (κ2) is 5.25. The molecule has 1 aliphatic heterocycles. The second-order valence-corrected chi connectivity index (χ2v) is 5.54. The first-order valence-corrected chi connectivity index (χ1v) is 7.52. The Morgan fingerprint density at radius 3 is 2.56 bits per heavy atom. The van der Waals surface area contributed by atoms with Crippen LogP contribution in [0.2, 0.25) is 0 Å². The Bertz CT molecular complexity index is 422. The number of rotatable bonds is 3. The Labute approximate surface area is 110 Å². The third-order valence-corrected chi connectivity index (χ3v) is 4.09. The predicted octanol–water partition coefficient (Wildman–Crippen LogP) is 2.91. The number of hydrogen-bond acceptors (Lipinski definition) is 3. The van der Waals surface area contributed by atoms with Crippen LogP contribution in [0.4, 0.5) is 5.82 Å². The lowest BCUT2D eigenvalue weighted by Crippen LogP contribution is -2.24. The number of aryl methyl sites for hydroxylation is 2. The molecule has 0 saturated carbocycles. The van der Waals surface area contributed by atoms with Gasteiger partial charge in [-0.3, -0.25) is 0 Å². The summed E-state index contributed by atoms with van der Waals surface area (Å²) < 4.78 is 0. The molecule has 0 spiro atoms. The third kappa shape index (κ3) is 2.23. The summed E-state index contributed by atoms with van der Waals surface area (Å²) in [5.74, 6) is 2.35. The molecule has 2 aliphatic rings. The van der Waals surface area contributed by atoms with Gasteiger partial charge in [0.05, 0.1) is 0 Å². The molecule has 18 heavy (non-hydrogen) atoms. The minimum Gasteiger partial charge on any atom is -0.356 e. The Hall–Kier alpha value is -1.12. The van der Waals surface area contributed by atoms with Gasteiger partial charge in [-0.15, -0.1) is 0 Å². The molecular formula is C15H23N3. The Morgan fingerprint density at radius 2 is 1.78 bits per heavy atom. The van der Waals surface area contributed by atoms with E-state index < -0.39 is 0 Å². The highest BCUT2D eigenvalue weighted by Crippen LogP contribution is 2.30. The van der Waals surface area contributed by atoms with Crippen LogP contribution in [0.1, 0.15) is 56.1 Å². The molecule has 0 radical (unpaired) electrons. The molecule has 0 unspecified atom stereocenters. The molecule has 3 nitrogen and oxygen atoms in total. The van der Waals surface area contributed by atoms with Crippen molar-refractivity contribution in [3.05, 3.63) is 17.1 Å². The van der Waals surface area contributed by atoms with E-state index in [0.29, 0.717) is 0 Å². The summed E-state index contributed by atoms with van der Waals surface area (Å²) >= 11 is 0. The molecule has 0 amide bonds. The average Bonchev–Trinajstić information content (AvgIpc) is 2.92. The molecule has 1 aromatic heterocycles. The van der Waals surface area contributed by atoms with Crippen molar-refractivity contribution in [1.82, 2.24) is 9.97 Å². The van der Waals surface area contributed by atoms with Crippen LogP contribution in [0.3, 0.4) is 0 Å². The van der Waals surface area contributed by atoms with Crippen molar-refractivity contribution in [1.29, 1.82) is 0 Å². The molecule has 1 aliphatic carbocycles. The number of anilines is 1. The summed E-state index contributed by atoms with van der Waals surface area (Å²) in [7, 11) is 0. The monoisotopic (exact) mass is 245 g/mol. The van der Waals surface area contributed by atoms with Gasteiger partial charge in [0.1, 0.15) is 11.6 Å². The highest BCUT2D eigenvalue weighted by atomic mass is 15.2. The van der Waals surface area contributed by atoms with Crippen molar-refractivity contribution >= 4 is 5.82 Å². The minimum atomic E-state index is 1.02. The molecule has 1 aromatic rings. The first-order chi connectivity index (χ1) is 8.88. The smallest absolute Gasteiger partial charge is 0.135 e. The molecule has 2 heterocycles. The van der Waals surface area contributed by atoms with Gasteiger partial charge in [-0.05, 0) is 44.9 Å². The maximum Gasteiger partial charge on any atom is 0.135 e. The molecule has 1 saturated heterocycles. The Balaban J connectivity index is 2.00. The zero-order valence-corrected chi connectivity index (χ0v) is 11.4. The fraction of sp³-hybridized carbons (Fsp3) is 0.733. The van der Waals surface area contributed by atoms with Crippen molar-refractivity contribution in [2.45, 2.75) is 58.3 Å². The third-order valence-electron chi connectivity index (χ3n) is 4.09. The van der Waals surface area contributed by atoms with Crippen molar-refractivity contribution in [3.8, 4) is 0 Å². The summed E-state index contributed by atoms with van der Waals surface area (Å²) in [4.78, 5) is 12.2.